The second-order valence-corrected chi connectivity index (χ2v) is 5.59. The molecule has 0 saturated carbocycles. The number of carbonyl (C=O) groups excluding carboxylic acids is 1. The quantitative estimate of drug-likeness (QED) is 0.764. The van der Waals surface area contributed by atoms with Crippen molar-refractivity contribution in [3.63, 3.8) is 0 Å². The van der Waals surface area contributed by atoms with Gasteiger partial charge in [-0.15, -0.1) is 0 Å². The van der Waals surface area contributed by atoms with Gasteiger partial charge >= 0.3 is 6.03 Å². The van der Waals surface area contributed by atoms with E-state index in [4.69, 9.17) is 4.74 Å². The molecule has 2 N–H and O–H groups in total. The van der Waals surface area contributed by atoms with Crippen molar-refractivity contribution in [2.45, 2.75) is 26.7 Å². The molecule has 0 aliphatic heterocycles. The first-order valence-corrected chi connectivity index (χ1v) is 7.88. The molecule has 130 valence electrons. The molecule has 6 nitrogen and oxygen atoms in total. The first-order valence-electron chi connectivity index (χ1n) is 7.88. The Morgan fingerprint density at radius 2 is 2.08 bits per heavy atom. The summed E-state index contributed by atoms with van der Waals surface area (Å²) in [5.41, 5.74) is 2.42. The van der Waals surface area contributed by atoms with E-state index in [1.54, 1.807) is 23.9 Å². The second-order valence-electron chi connectivity index (χ2n) is 5.59. The van der Waals surface area contributed by atoms with Crippen molar-refractivity contribution in [2.75, 3.05) is 25.6 Å². The Morgan fingerprint density at radius 1 is 1.29 bits per heavy atom. The van der Waals surface area contributed by atoms with Crippen LogP contribution in [0.15, 0.2) is 24.3 Å². The predicted octanol–water partition coefficient (Wildman–Crippen LogP) is 3.18. The van der Waals surface area contributed by atoms with Crippen LogP contribution in [0.4, 0.5) is 14.9 Å². The number of aromatic nitrogens is 2. The zero-order valence-electron chi connectivity index (χ0n) is 14.2. The number of rotatable bonds is 7. The maximum atomic E-state index is 14.3. The van der Waals surface area contributed by atoms with Gasteiger partial charge in [-0.2, -0.15) is 5.10 Å². The van der Waals surface area contributed by atoms with E-state index in [1.165, 1.54) is 6.07 Å². The van der Waals surface area contributed by atoms with E-state index in [1.807, 2.05) is 19.9 Å². The Kier molecular flexibility index (Phi) is 6.31. The van der Waals surface area contributed by atoms with Crippen LogP contribution in [0, 0.1) is 19.7 Å². The Labute approximate surface area is 141 Å². The Morgan fingerprint density at radius 3 is 2.71 bits per heavy atom. The Balaban J connectivity index is 1.95. The lowest BCUT2D eigenvalue weighted by Crippen LogP contribution is -2.29. The summed E-state index contributed by atoms with van der Waals surface area (Å²) < 4.78 is 20.8. The van der Waals surface area contributed by atoms with Crippen molar-refractivity contribution >= 4 is 11.7 Å². The van der Waals surface area contributed by atoms with E-state index in [0.717, 1.165) is 24.2 Å². The maximum absolute atomic E-state index is 14.3. The molecule has 0 radical (unpaired) electrons. The molecular weight excluding hydrogens is 311 g/mol. The molecule has 0 bridgehead atoms. The van der Waals surface area contributed by atoms with Gasteiger partial charge in [-0.25, -0.2) is 13.9 Å². The van der Waals surface area contributed by atoms with Crippen molar-refractivity contribution in [1.82, 2.24) is 15.1 Å². The standard InChI is InChI=1S/C17H23FN4O2/c1-12-10-13(2)22(21-12)16-7-6-14(11-15(16)18)20-17(23)19-8-4-5-9-24-3/h6-7,10-11H,4-5,8-9H2,1-3H3,(H2,19,20,23). The zero-order chi connectivity index (χ0) is 17.5. The molecule has 2 rings (SSSR count). The van der Waals surface area contributed by atoms with E-state index >= 15 is 0 Å². The van der Waals surface area contributed by atoms with Gasteiger partial charge in [0.25, 0.3) is 0 Å². The molecular formula is C17H23FN4O2. The van der Waals surface area contributed by atoms with Crippen LogP contribution in [-0.2, 0) is 4.74 Å². The van der Waals surface area contributed by atoms with Crippen LogP contribution in [0.2, 0.25) is 0 Å². The summed E-state index contributed by atoms with van der Waals surface area (Å²) in [6.07, 6.45) is 1.70. The predicted molar refractivity (Wildman–Crippen MR) is 91.1 cm³/mol. The Bertz CT molecular complexity index is 700. The fourth-order valence-electron chi connectivity index (χ4n) is 2.38. The third-order valence-electron chi connectivity index (χ3n) is 3.50. The summed E-state index contributed by atoms with van der Waals surface area (Å²) >= 11 is 0. The number of halogens is 1. The van der Waals surface area contributed by atoms with Gasteiger partial charge in [0.2, 0.25) is 0 Å². The van der Waals surface area contributed by atoms with Crippen LogP contribution < -0.4 is 10.6 Å². The van der Waals surface area contributed by atoms with Crippen molar-refractivity contribution in [3.8, 4) is 5.69 Å². The number of nitrogens with zero attached hydrogens (tertiary/aromatic N) is 2. The maximum Gasteiger partial charge on any atom is 0.319 e. The van der Waals surface area contributed by atoms with E-state index in [-0.39, 0.29) is 6.03 Å². The highest BCUT2D eigenvalue weighted by atomic mass is 19.1. The van der Waals surface area contributed by atoms with Crippen LogP contribution in [0.3, 0.4) is 0 Å². The van der Waals surface area contributed by atoms with Gasteiger partial charge in [0.05, 0.1) is 5.69 Å². The third kappa shape index (κ3) is 4.79. The molecule has 1 heterocycles. The van der Waals surface area contributed by atoms with Gasteiger partial charge in [-0.3, -0.25) is 0 Å². The fourth-order valence-corrected chi connectivity index (χ4v) is 2.38. The average Bonchev–Trinajstić information content (AvgIpc) is 2.85. The SMILES string of the molecule is COCCCCNC(=O)Nc1ccc(-n2nc(C)cc2C)c(F)c1. The number of unbranched alkanes of at least 4 members (excludes halogenated alkanes) is 1. The van der Waals surface area contributed by atoms with Crippen molar-refractivity contribution in [1.29, 1.82) is 0 Å². The van der Waals surface area contributed by atoms with Crippen LogP contribution in [0.1, 0.15) is 24.2 Å². The van der Waals surface area contributed by atoms with Crippen LogP contribution in [-0.4, -0.2) is 36.1 Å². The minimum atomic E-state index is -0.445. The first-order chi connectivity index (χ1) is 11.5. The molecule has 1 aromatic heterocycles. The first kappa shape index (κ1) is 17.9. The van der Waals surface area contributed by atoms with Crippen LogP contribution in [0.5, 0.6) is 0 Å². The number of aryl methyl sites for hydroxylation is 2. The molecule has 0 unspecified atom stereocenters. The summed E-state index contributed by atoms with van der Waals surface area (Å²) in [6, 6.07) is 6.06. The molecule has 0 atom stereocenters. The molecule has 0 fully saturated rings. The minimum Gasteiger partial charge on any atom is -0.385 e. The van der Waals surface area contributed by atoms with Crippen molar-refractivity contribution < 1.29 is 13.9 Å². The van der Waals surface area contributed by atoms with Crippen molar-refractivity contribution in [2.24, 2.45) is 0 Å². The van der Waals surface area contributed by atoms with Gasteiger partial charge in [0, 0.05) is 31.6 Å². The number of nitrogens with one attached hydrogen (secondary N) is 2. The van der Waals surface area contributed by atoms with E-state index < -0.39 is 5.82 Å². The lowest BCUT2D eigenvalue weighted by Gasteiger charge is -2.10. The highest BCUT2D eigenvalue weighted by Crippen LogP contribution is 2.19. The number of methoxy groups -OCH3 is 1. The molecule has 24 heavy (non-hydrogen) atoms. The van der Waals surface area contributed by atoms with Crippen molar-refractivity contribution in [3.05, 3.63) is 41.5 Å². The number of hydrogen-bond donors (Lipinski definition) is 2. The number of ether oxygens (including phenoxy) is 1. The molecule has 0 aliphatic rings. The molecule has 0 saturated heterocycles. The van der Waals surface area contributed by atoms with Crippen LogP contribution >= 0.6 is 0 Å². The highest BCUT2D eigenvalue weighted by molar-refractivity contribution is 5.89. The highest BCUT2D eigenvalue weighted by Gasteiger charge is 2.11. The summed E-state index contributed by atoms with van der Waals surface area (Å²) in [4.78, 5) is 11.8. The number of carbonyl (C=O) groups is 1. The monoisotopic (exact) mass is 334 g/mol. The minimum absolute atomic E-state index is 0.353. The van der Waals surface area contributed by atoms with Gasteiger partial charge in [-0.05, 0) is 51.0 Å². The number of urea groups is 1. The average molecular weight is 334 g/mol. The molecule has 0 aliphatic carbocycles. The van der Waals surface area contributed by atoms with E-state index in [0.29, 0.717) is 24.5 Å². The molecule has 0 spiro atoms. The summed E-state index contributed by atoms with van der Waals surface area (Å²) in [5.74, 6) is -0.445. The number of benzene rings is 1. The van der Waals surface area contributed by atoms with Crippen LogP contribution in [0.25, 0.3) is 5.69 Å². The molecule has 7 heteroatoms. The Hall–Kier alpha value is -2.41. The zero-order valence-corrected chi connectivity index (χ0v) is 14.2. The summed E-state index contributed by atoms with van der Waals surface area (Å²) in [5, 5.41) is 9.61. The normalized spacial score (nSPS) is 10.7. The number of amides is 2. The second kappa shape index (κ2) is 8.44. The van der Waals surface area contributed by atoms with Gasteiger partial charge in [0.15, 0.2) is 5.82 Å². The smallest absolute Gasteiger partial charge is 0.319 e. The number of anilines is 1. The van der Waals surface area contributed by atoms with Gasteiger partial charge in [-0.1, -0.05) is 0 Å². The largest absolute Gasteiger partial charge is 0.385 e. The molecule has 2 aromatic rings. The van der Waals surface area contributed by atoms with Gasteiger partial charge < -0.3 is 15.4 Å². The topological polar surface area (TPSA) is 68.2 Å². The van der Waals surface area contributed by atoms with E-state index in [9.17, 15) is 9.18 Å². The number of hydrogen-bond acceptors (Lipinski definition) is 3. The lowest BCUT2D eigenvalue weighted by molar-refractivity contribution is 0.192. The molecule has 2 amide bonds. The lowest BCUT2D eigenvalue weighted by atomic mass is 10.2. The fraction of sp³-hybridized carbons (Fsp3) is 0.412. The molecule has 1 aromatic carbocycles. The summed E-state index contributed by atoms with van der Waals surface area (Å²) in [7, 11) is 1.64. The summed E-state index contributed by atoms with van der Waals surface area (Å²) in [6.45, 7) is 4.93. The third-order valence-corrected chi connectivity index (χ3v) is 3.50. The van der Waals surface area contributed by atoms with E-state index in [2.05, 4.69) is 15.7 Å². The van der Waals surface area contributed by atoms with Gasteiger partial charge in [0.1, 0.15) is 5.69 Å².